The van der Waals surface area contributed by atoms with Crippen molar-refractivity contribution in [2.75, 3.05) is 0 Å². The maximum absolute atomic E-state index is 12.2. The number of nitrogens with zero attached hydrogens (tertiary/aromatic N) is 1. The molecule has 1 aromatic rings. The Kier molecular flexibility index (Phi) is 4.17. The lowest BCUT2D eigenvalue weighted by molar-refractivity contribution is 0.0910. The fourth-order valence-corrected chi connectivity index (χ4v) is 3.21. The number of Topliss-reactive ketones (excluding diaryl/α,β-unsaturated/α-hetero) is 1. The summed E-state index contributed by atoms with van der Waals surface area (Å²) in [7, 11) is 0. The van der Waals surface area contributed by atoms with Crippen molar-refractivity contribution in [1.82, 2.24) is 4.57 Å². The summed E-state index contributed by atoms with van der Waals surface area (Å²) < 4.78 is 2.39. The summed E-state index contributed by atoms with van der Waals surface area (Å²) in [6, 6.07) is 2.10. The second-order valence-corrected chi connectivity index (χ2v) is 6.80. The first-order valence-electron chi connectivity index (χ1n) is 7.67. The van der Waals surface area contributed by atoms with Crippen LogP contribution in [0.15, 0.2) is 6.07 Å². The summed E-state index contributed by atoms with van der Waals surface area (Å²) in [6.07, 6.45) is 6.83. The predicted molar refractivity (Wildman–Crippen MR) is 79.7 cm³/mol. The van der Waals surface area contributed by atoms with Gasteiger partial charge in [-0.1, -0.05) is 40.0 Å². The molecule has 0 aromatic carbocycles. The van der Waals surface area contributed by atoms with Gasteiger partial charge in [-0.3, -0.25) is 4.79 Å². The van der Waals surface area contributed by atoms with E-state index in [2.05, 4.69) is 38.3 Å². The van der Waals surface area contributed by atoms with Gasteiger partial charge in [-0.25, -0.2) is 0 Å². The molecule has 0 spiro atoms. The molecule has 0 fully saturated rings. The zero-order valence-corrected chi connectivity index (χ0v) is 12.9. The lowest BCUT2D eigenvalue weighted by atomic mass is 9.76. The minimum absolute atomic E-state index is 0.121. The van der Waals surface area contributed by atoms with E-state index in [-0.39, 0.29) is 5.41 Å². The summed E-state index contributed by atoms with van der Waals surface area (Å²) in [5.41, 5.74) is 3.66. The van der Waals surface area contributed by atoms with E-state index in [4.69, 9.17) is 0 Å². The summed E-state index contributed by atoms with van der Waals surface area (Å²) >= 11 is 0. The van der Waals surface area contributed by atoms with E-state index in [0.717, 1.165) is 18.5 Å². The highest BCUT2D eigenvalue weighted by atomic mass is 16.1. The van der Waals surface area contributed by atoms with Crippen molar-refractivity contribution >= 4 is 5.78 Å². The smallest absolute Gasteiger partial charge is 0.165 e. The molecule has 1 aliphatic rings. The molecular formula is C17H27NO. The first kappa shape index (κ1) is 14.4. The van der Waals surface area contributed by atoms with Gasteiger partial charge in [-0.05, 0) is 31.2 Å². The Morgan fingerprint density at radius 2 is 1.95 bits per heavy atom. The molecule has 0 saturated heterocycles. The normalized spacial score (nSPS) is 17.6. The lowest BCUT2D eigenvalue weighted by Gasteiger charge is -2.30. The first-order valence-corrected chi connectivity index (χ1v) is 7.67. The van der Waals surface area contributed by atoms with E-state index in [1.54, 1.807) is 0 Å². The summed E-state index contributed by atoms with van der Waals surface area (Å²) in [5, 5.41) is 0. The van der Waals surface area contributed by atoms with Crippen LogP contribution in [0.5, 0.6) is 0 Å². The number of fused-ring (bicyclic) bond motifs is 1. The van der Waals surface area contributed by atoms with Crippen LogP contribution in [0.2, 0.25) is 0 Å². The van der Waals surface area contributed by atoms with Crippen LogP contribution in [0, 0.1) is 12.3 Å². The van der Waals surface area contributed by atoms with Crippen molar-refractivity contribution in [3.63, 3.8) is 0 Å². The fraction of sp³-hybridized carbons (Fsp3) is 0.706. The third kappa shape index (κ3) is 3.10. The van der Waals surface area contributed by atoms with Crippen LogP contribution >= 0.6 is 0 Å². The van der Waals surface area contributed by atoms with E-state index in [9.17, 15) is 4.79 Å². The van der Waals surface area contributed by atoms with Gasteiger partial charge in [-0.15, -0.1) is 0 Å². The Labute approximate surface area is 117 Å². The van der Waals surface area contributed by atoms with Crippen molar-refractivity contribution in [3.05, 3.63) is 23.0 Å². The van der Waals surface area contributed by atoms with Gasteiger partial charge in [0.25, 0.3) is 0 Å². The maximum atomic E-state index is 12.2. The molecule has 0 N–H and O–H groups in total. The van der Waals surface area contributed by atoms with Crippen LogP contribution in [0.1, 0.15) is 74.6 Å². The Bertz CT molecular complexity index is 468. The van der Waals surface area contributed by atoms with Crippen molar-refractivity contribution < 1.29 is 4.79 Å². The molecule has 1 heterocycles. The Morgan fingerprint density at radius 1 is 1.21 bits per heavy atom. The molecule has 19 heavy (non-hydrogen) atoms. The second-order valence-electron chi connectivity index (χ2n) is 6.80. The zero-order valence-electron chi connectivity index (χ0n) is 12.9. The van der Waals surface area contributed by atoms with Crippen LogP contribution in [-0.4, -0.2) is 10.4 Å². The molecule has 2 heteroatoms. The molecule has 0 amide bonds. The van der Waals surface area contributed by atoms with E-state index in [1.807, 2.05) is 0 Å². The summed E-state index contributed by atoms with van der Waals surface area (Å²) in [5.74, 6) is 0.335. The number of hydrogen-bond acceptors (Lipinski definition) is 1. The quantitative estimate of drug-likeness (QED) is 0.714. The molecular weight excluding hydrogens is 234 g/mol. The number of hydrogen-bond donors (Lipinski definition) is 0. The first-order chi connectivity index (χ1) is 8.94. The number of ketones is 1. The number of carbonyl (C=O) groups is 1. The van der Waals surface area contributed by atoms with Gasteiger partial charge in [0.05, 0.1) is 0 Å². The Balaban J connectivity index is 2.19. The van der Waals surface area contributed by atoms with Crippen LogP contribution < -0.4 is 0 Å². The summed E-state index contributed by atoms with van der Waals surface area (Å²) in [6.45, 7) is 9.86. The van der Waals surface area contributed by atoms with Gasteiger partial charge >= 0.3 is 0 Å². The topological polar surface area (TPSA) is 22.0 Å². The SMILES string of the molecule is CCCCCCn1c(C)cc2c1CC(C)(C)CC2=O. The van der Waals surface area contributed by atoms with E-state index < -0.39 is 0 Å². The van der Waals surface area contributed by atoms with Gasteiger partial charge in [-0.2, -0.15) is 0 Å². The van der Waals surface area contributed by atoms with Crippen molar-refractivity contribution in [2.45, 2.75) is 72.8 Å². The van der Waals surface area contributed by atoms with Gasteiger partial charge in [0.1, 0.15) is 0 Å². The Hall–Kier alpha value is -1.05. The second kappa shape index (κ2) is 5.52. The number of rotatable bonds is 5. The Morgan fingerprint density at radius 3 is 2.63 bits per heavy atom. The van der Waals surface area contributed by atoms with Gasteiger partial charge in [0.2, 0.25) is 0 Å². The van der Waals surface area contributed by atoms with Crippen molar-refractivity contribution in [2.24, 2.45) is 5.41 Å². The van der Waals surface area contributed by atoms with Crippen LogP contribution in [-0.2, 0) is 13.0 Å². The van der Waals surface area contributed by atoms with E-state index in [0.29, 0.717) is 12.2 Å². The third-order valence-electron chi connectivity index (χ3n) is 4.24. The molecule has 1 aliphatic carbocycles. The predicted octanol–water partition coefficient (Wildman–Crippen LogP) is 4.53. The fourth-order valence-electron chi connectivity index (χ4n) is 3.21. The van der Waals surface area contributed by atoms with E-state index >= 15 is 0 Å². The van der Waals surface area contributed by atoms with Gasteiger partial charge in [0, 0.05) is 29.9 Å². The van der Waals surface area contributed by atoms with Crippen molar-refractivity contribution in [1.29, 1.82) is 0 Å². The van der Waals surface area contributed by atoms with Crippen molar-refractivity contribution in [3.8, 4) is 0 Å². The molecule has 2 nitrogen and oxygen atoms in total. The number of aromatic nitrogens is 1. The van der Waals surface area contributed by atoms with Crippen LogP contribution in [0.3, 0.4) is 0 Å². The molecule has 2 rings (SSSR count). The average Bonchev–Trinajstić information content (AvgIpc) is 2.61. The highest BCUT2D eigenvalue weighted by Crippen LogP contribution is 2.36. The number of unbranched alkanes of at least 4 members (excludes halogenated alkanes) is 3. The summed E-state index contributed by atoms with van der Waals surface area (Å²) in [4.78, 5) is 12.2. The van der Waals surface area contributed by atoms with Gasteiger partial charge < -0.3 is 4.57 Å². The number of aryl methyl sites for hydroxylation is 1. The lowest BCUT2D eigenvalue weighted by Crippen LogP contribution is -2.28. The third-order valence-corrected chi connectivity index (χ3v) is 4.24. The molecule has 0 saturated carbocycles. The molecule has 0 unspecified atom stereocenters. The van der Waals surface area contributed by atoms with Gasteiger partial charge in [0.15, 0.2) is 5.78 Å². The largest absolute Gasteiger partial charge is 0.348 e. The molecule has 0 bridgehead atoms. The van der Waals surface area contributed by atoms with Crippen LogP contribution in [0.25, 0.3) is 0 Å². The maximum Gasteiger partial charge on any atom is 0.165 e. The molecule has 0 radical (unpaired) electrons. The van der Waals surface area contributed by atoms with E-state index in [1.165, 1.54) is 37.1 Å². The molecule has 106 valence electrons. The molecule has 0 atom stereocenters. The highest BCUT2D eigenvalue weighted by molar-refractivity contribution is 5.99. The minimum atomic E-state index is 0.121. The standard InChI is InChI=1S/C17H27NO/c1-5-6-7-8-9-18-13(2)10-14-15(18)11-17(3,4)12-16(14)19/h10H,5-9,11-12H2,1-4H3. The zero-order chi connectivity index (χ0) is 14.0. The molecule has 1 aromatic heterocycles. The van der Waals surface area contributed by atoms with Crippen LogP contribution in [0.4, 0.5) is 0 Å². The highest BCUT2D eigenvalue weighted by Gasteiger charge is 2.33. The minimum Gasteiger partial charge on any atom is -0.348 e. The average molecular weight is 261 g/mol. The number of carbonyl (C=O) groups excluding carboxylic acids is 1. The molecule has 0 aliphatic heterocycles. The monoisotopic (exact) mass is 261 g/mol.